The van der Waals surface area contributed by atoms with Gasteiger partial charge in [0.25, 0.3) is 0 Å². The molecule has 4 heteroatoms. The number of ether oxygens (including phenoxy) is 2. The van der Waals surface area contributed by atoms with Crippen molar-refractivity contribution in [3.63, 3.8) is 0 Å². The Labute approximate surface area is 91.3 Å². The molecule has 1 N–H and O–H groups in total. The zero-order valence-corrected chi connectivity index (χ0v) is 10.1. The summed E-state index contributed by atoms with van der Waals surface area (Å²) in [4.78, 5) is 12.0. The van der Waals surface area contributed by atoms with Crippen LogP contribution >= 0.6 is 0 Å². The molecule has 0 saturated carbocycles. The minimum Gasteiger partial charge on any atom is -0.459 e. The molecule has 0 unspecified atom stereocenters. The van der Waals surface area contributed by atoms with Crippen LogP contribution in [0.15, 0.2) is 0 Å². The van der Waals surface area contributed by atoms with Crippen LogP contribution in [0.1, 0.15) is 27.2 Å². The van der Waals surface area contributed by atoms with Crippen molar-refractivity contribution in [3.05, 3.63) is 0 Å². The number of carbonyl (C=O) groups is 1. The van der Waals surface area contributed by atoms with Crippen molar-refractivity contribution in [1.29, 1.82) is 0 Å². The van der Waals surface area contributed by atoms with Crippen LogP contribution in [-0.4, -0.2) is 38.4 Å². The van der Waals surface area contributed by atoms with E-state index in [2.05, 4.69) is 5.32 Å². The van der Waals surface area contributed by atoms with Gasteiger partial charge in [-0.05, 0) is 33.7 Å². The average Bonchev–Trinajstić information content (AvgIpc) is 2.51. The second kappa shape index (κ2) is 4.49. The van der Waals surface area contributed by atoms with Gasteiger partial charge in [-0.1, -0.05) is 0 Å². The smallest absolute Gasteiger partial charge is 0.316 e. The molecule has 0 spiro atoms. The van der Waals surface area contributed by atoms with Gasteiger partial charge in [0.15, 0.2) is 0 Å². The van der Waals surface area contributed by atoms with Crippen LogP contribution in [0.4, 0.5) is 0 Å². The lowest BCUT2D eigenvalue weighted by Gasteiger charge is -2.29. The molecule has 1 rings (SSSR count). The highest BCUT2D eigenvalue weighted by molar-refractivity contribution is 5.78. The lowest BCUT2D eigenvalue weighted by molar-refractivity contribution is -0.169. The van der Waals surface area contributed by atoms with Crippen molar-refractivity contribution in [3.8, 4) is 0 Å². The molecule has 1 saturated heterocycles. The van der Waals surface area contributed by atoms with Gasteiger partial charge in [-0.25, -0.2) is 0 Å². The summed E-state index contributed by atoms with van der Waals surface area (Å²) in [5, 5.41) is 3.18. The number of nitrogens with one attached hydrogen (secondary N) is 1. The molecule has 1 fully saturated rings. The highest BCUT2D eigenvalue weighted by Crippen LogP contribution is 2.29. The number of rotatable bonds is 3. The van der Waals surface area contributed by atoms with E-state index in [1.165, 1.54) is 0 Å². The zero-order chi connectivity index (χ0) is 11.5. The SMILES string of the molecule is COC[C@]1(C(=O)OC(C)(C)C)CCNC1. The lowest BCUT2D eigenvalue weighted by Crippen LogP contribution is -2.42. The quantitative estimate of drug-likeness (QED) is 0.712. The molecular weight excluding hydrogens is 194 g/mol. The second-order valence-electron chi connectivity index (χ2n) is 5.14. The van der Waals surface area contributed by atoms with Gasteiger partial charge in [0, 0.05) is 13.7 Å². The molecule has 1 atom stereocenters. The number of carbonyl (C=O) groups excluding carboxylic acids is 1. The average molecular weight is 215 g/mol. The fraction of sp³-hybridized carbons (Fsp3) is 0.909. The van der Waals surface area contributed by atoms with E-state index in [9.17, 15) is 4.79 Å². The maximum absolute atomic E-state index is 12.0. The number of hydrogen-bond donors (Lipinski definition) is 1. The monoisotopic (exact) mass is 215 g/mol. The van der Waals surface area contributed by atoms with E-state index in [-0.39, 0.29) is 5.97 Å². The summed E-state index contributed by atoms with van der Waals surface area (Å²) in [5.74, 6) is -0.151. The molecule has 88 valence electrons. The Morgan fingerprint density at radius 3 is 2.53 bits per heavy atom. The molecule has 0 aromatic rings. The van der Waals surface area contributed by atoms with E-state index < -0.39 is 11.0 Å². The largest absolute Gasteiger partial charge is 0.459 e. The molecule has 1 aliphatic rings. The molecule has 0 radical (unpaired) electrons. The first-order valence-corrected chi connectivity index (χ1v) is 5.33. The van der Waals surface area contributed by atoms with E-state index in [1.807, 2.05) is 20.8 Å². The molecule has 1 aliphatic heterocycles. The lowest BCUT2D eigenvalue weighted by atomic mass is 9.88. The van der Waals surface area contributed by atoms with Crippen LogP contribution in [0.5, 0.6) is 0 Å². The summed E-state index contributed by atoms with van der Waals surface area (Å²) in [6.07, 6.45) is 0.787. The second-order valence-corrected chi connectivity index (χ2v) is 5.14. The van der Waals surface area contributed by atoms with E-state index in [1.54, 1.807) is 7.11 Å². The third-order valence-corrected chi connectivity index (χ3v) is 2.50. The third-order valence-electron chi connectivity index (χ3n) is 2.50. The summed E-state index contributed by atoms with van der Waals surface area (Å²) in [7, 11) is 1.62. The number of hydrogen-bond acceptors (Lipinski definition) is 4. The molecule has 0 aromatic carbocycles. The Hall–Kier alpha value is -0.610. The van der Waals surface area contributed by atoms with E-state index in [0.717, 1.165) is 13.0 Å². The molecule has 4 nitrogen and oxygen atoms in total. The van der Waals surface area contributed by atoms with Gasteiger partial charge in [0.05, 0.1) is 6.61 Å². The van der Waals surface area contributed by atoms with Crippen molar-refractivity contribution in [2.75, 3.05) is 26.8 Å². The van der Waals surface area contributed by atoms with Crippen LogP contribution in [0, 0.1) is 5.41 Å². The first-order chi connectivity index (χ1) is 6.90. The Balaban J connectivity index is 2.68. The zero-order valence-electron chi connectivity index (χ0n) is 10.1. The van der Waals surface area contributed by atoms with Gasteiger partial charge in [-0.2, -0.15) is 0 Å². The van der Waals surface area contributed by atoms with Crippen molar-refractivity contribution < 1.29 is 14.3 Å². The molecule has 0 bridgehead atoms. The van der Waals surface area contributed by atoms with Crippen molar-refractivity contribution in [2.24, 2.45) is 5.41 Å². The highest BCUT2D eigenvalue weighted by Gasteiger charge is 2.44. The molecule has 0 aromatic heterocycles. The predicted octanol–water partition coefficient (Wildman–Crippen LogP) is 0.954. The summed E-state index contributed by atoms with van der Waals surface area (Å²) >= 11 is 0. The fourth-order valence-electron chi connectivity index (χ4n) is 1.76. The Bertz CT molecular complexity index is 226. The van der Waals surface area contributed by atoms with Crippen LogP contribution in [0.25, 0.3) is 0 Å². The topological polar surface area (TPSA) is 47.6 Å². The fourth-order valence-corrected chi connectivity index (χ4v) is 1.76. The summed E-state index contributed by atoms with van der Waals surface area (Å²) in [5.41, 5.74) is -0.914. The van der Waals surface area contributed by atoms with Crippen LogP contribution in [0.2, 0.25) is 0 Å². The first-order valence-electron chi connectivity index (χ1n) is 5.33. The Morgan fingerprint density at radius 2 is 2.13 bits per heavy atom. The standard InChI is InChI=1S/C11H21NO3/c1-10(2,3)15-9(13)11(8-14-4)5-6-12-7-11/h12H,5-8H2,1-4H3/t11-/m0/s1. The summed E-state index contributed by atoms with van der Waals surface area (Å²) < 4.78 is 10.5. The third kappa shape index (κ3) is 3.18. The van der Waals surface area contributed by atoms with Gasteiger partial charge in [0.2, 0.25) is 0 Å². The minimum atomic E-state index is -0.484. The van der Waals surface area contributed by atoms with Gasteiger partial charge >= 0.3 is 5.97 Å². The molecule has 15 heavy (non-hydrogen) atoms. The molecule has 0 aliphatic carbocycles. The van der Waals surface area contributed by atoms with Gasteiger partial charge in [-0.3, -0.25) is 4.79 Å². The Kier molecular flexibility index (Phi) is 3.73. The normalized spacial score (nSPS) is 26.7. The van der Waals surface area contributed by atoms with E-state index >= 15 is 0 Å². The van der Waals surface area contributed by atoms with Gasteiger partial charge in [-0.15, -0.1) is 0 Å². The highest BCUT2D eigenvalue weighted by atomic mass is 16.6. The minimum absolute atomic E-state index is 0.151. The van der Waals surface area contributed by atoms with Crippen LogP contribution < -0.4 is 5.32 Å². The number of esters is 1. The Morgan fingerprint density at radius 1 is 1.47 bits per heavy atom. The van der Waals surface area contributed by atoms with Crippen molar-refractivity contribution >= 4 is 5.97 Å². The van der Waals surface area contributed by atoms with Crippen LogP contribution in [-0.2, 0) is 14.3 Å². The molecule has 1 heterocycles. The number of methoxy groups -OCH3 is 1. The van der Waals surface area contributed by atoms with Crippen molar-refractivity contribution in [1.82, 2.24) is 5.32 Å². The van der Waals surface area contributed by atoms with Crippen LogP contribution in [0.3, 0.4) is 0 Å². The first kappa shape index (κ1) is 12.5. The maximum atomic E-state index is 12.0. The van der Waals surface area contributed by atoms with Gasteiger partial charge in [0.1, 0.15) is 11.0 Å². The molecule has 0 amide bonds. The predicted molar refractivity (Wildman–Crippen MR) is 57.6 cm³/mol. The van der Waals surface area contributed by atoms with E-state index in [4.69, 9.17) is 9.47 Å². The van der Waals surface area contributed by atoms with Crippen molar-refractivity contribution in [2.45, 2.75) is 32.8 Å². The summed E-state index contributed by atoms with van der Waals surface area (Å²) in [6.45, 7) is 7.57. The molecular formula is C11H21NO3. The van der Waals surface area contributed by atoms with E-state index in [0.29, 0.717) is 13.2 Å². The van der Waals surface area contributed by atoms with Gasteiger partial charge < -0.3 is 14.8 Å². The maximum Gasteiger partial charge on any atom is 0.316 e. The summed E-state index contributed by atoms with van der Waals surface area (Å²) in [6, 6.07) is 0.